The molecule has 170 valence electrons. The van der Waals surface area contributed by atoms with Gasteiger partial charge in [-0.25, -0.2) is 9.79 Å². The van der Waals surface area contributed by atoms with Gasteiger partial charge in [-0.3, -0.25) is 4.79 Å². The molecular weight excluding hydrogens is 426 g/mol. The van der Waals surface area contributed by atoms with Crippen LogP contribution in [0.15, 0.2) is 53.5 Å². The second kappa shape index (κ2) is 10.5. The minimum absolute atomic E-state index is 0. The van der Waals surface area contributed by atoms with E-state index in [-0.39, 0.29) is 18.3 Å². The molecule has 7 nitrogen and oxygen atoms in total. The average Bonchev–Trinajstić information content (AvgIpc) is 3.09. The highest BCUT2D eigenvalue weighted by Gasteiger charge is 2.32. The predicted octanol–water partition coefficient (Wildman–Crippen LogP) is 4.16. The molecule has 0 aromatic heterocycles. The van der Waals surface area contributed by atoms with Crippen molar-refractivity contribution < 1.29 is 9.59 Å². The average molecular weight is 456 g/mol. The number of carbonyl (C=O) groups is 2. The third kappa shape index (κ3) is 5.22. The van der Waals surface area contributed by atoms with E-state index in [4.69, 9.17) is 4.99 Å². The van der Waals surface area contributed by atoms with E-state index in [0.29, 0.717) is 5.69 Å². The van der Waals surface area contributed by atoms with Crippen molar-refractivity contribution in [2.45, 2.75) is 38.8 Å². The molecule has 2 aromatic carbocycles. The van der Waals surface area contributed by atoms with Crippen molar-refractivity contribution in [3.63, 3.8) is 0 Å². The predicted molar refractivity (Wildman–Crippen MR) is 131 cm³/mol. The highest BCUT2D eigenvalue weighted by atomic mass is 35.5. The summed E-state index contributed by atoms with van der Waals surface area (Å²) in [5, 5.41) is 5.58. The molecule has 2 aromatic rings. The molecule has 32 heavy (non-hydrogen) atoms. The number of carbonyl (C=O) groups excluding carboxylic acids is 2. The third-order valence-electron chi connectivity index (χ3n) is 5.77. The molecule has 2 N–H and O–H groups in total. The Balaban J connectivity index is 0.00000289. The number of para-hydroxylation sites is 1. The zero-order chi connectivity index (χ0) is 21.8. The van der Waals surface area contributed by atoms with E-state index >= 15 is 0 Å². The Labute approximate surface area is 195 Å². The fourth-order valence-corrected chi connectivity index (χ4v) is 4.15. The van der Waals surface area contributed by atoms with Crippen molar-refractivity contribution in [2.24, 2.45) is 4.99 Å². The van der Waals surface area contributed by atoms with Crippen LogP contribution in [0.2, 0.25) is 0 Å². The Morgan fingerprint density at radius 1 is 1.03 bits per heavy atom. The quantitative estimate of drug-likeness (QED) is 0.713. The highest BCUT2D eigenvalue weighted by molar-refractivity contribution is 6.12. The number of aryl methyl sites for hydroxylation is 1. The van der Waals surface area contributed by atoms with Crippen LogP contribution >= 0.6 is 12.4 Å². The summed E-state index contributed by atoms with van der Waals surface area (Å²) in [5.41, 5.74) is 3.44. The van der Waals surface area contributed by atoms with Gasteiger partial charge in [0.25, 0.3) is 5.91 Å². The van der Waals surface area contributed by atoms with Crippen molar-refractivity contribution in [3.05, 3.63) is 59.7 Å². The second-order valence-corrected chi connectivity index (χ2v) is 8.14. The number of likely N-dealkylation sites (N-methyl/N-ethyl adjacent to an activating group) is 1. The third-order valence-corrected chi connectivity index (χ3v) is 5.77. The molecule has 1 fully saturated rings. The fourth-order valence-electron chi connectivity index (χ4n) is 4.15. The number of nitrogens with zero attached hydrogens (tertiary/aromatic N) is 3. The standard InChI is InChI=1S/C24H29N5O2.ClH/c1-17-10-9-11-18(16-17)25-24(31)27-21-23(30)28(2)20-13-6-5-12-19(20)22(26-21)29-14-7-3-4-8-15-29;/h5-6,9-13,16,21H,3-4,7-8,14-15H2,1-2H3,(H2,25,27,31);1H/t21-;/m1./s1. The molecule has 0 unspecified atom stereocenters. The van der Waals surface area contributed by atoms with E-state index in [1.54, 1.807) is 11.9 Å². The maximum Gasteiger partial charge on any atom is 0.321 e. The van der Waals surface area contributed by atoms with E-state index in [1.165, 1.54) is 12.8 Å². The smallest absolute Gasteiger partial charge is 0.321 e. The van der Waals surface area contributed by atoms with Crippen molar-refractivity contribution >= 4 is 41.6 Å². The maximum absolute atomic E-state index is 13.2. The minimum Gasteiger partial charge on any atom is -0.356 e. The van der Waals surface area contributed by atoms with Gasteiger partial charge in [0.1, 0.15) is 5.84 Å². The van der Waals surface area contributed by atoms with Crippen molar-refractivity contribution in [1.29, 1.82) is 0 Å². The summed E-state index contributed by atoms with van der Waals surface area (Å²) in [4.78, 5) is 34.5. The van der Waals surface area contributed by atoms with Crippen molar-refractivity contribution in [2.75, 3.05) is 30.4 Å². The Hall–Kier alpha value is -3.06. The summed E-state index contributed by atoms with van der Waals surface area (Å²) < 4.78 is 0. The first kappa shape index (κ1) is 23.6. The summed E-state index contributed by atoms with van der Waals surface area (Å²) in [6, 6.07) is 14.9. The summed E-state index contributed by atoms with van der Waals surface area (Å²) >= 11 is 0. The molecule has 2 aliphatic rings. The number of hydrogen-bond donors (Lipinski definition) is 2. The molecule has 0 radical (unpaired) electrons. The second-order valence-electron chi connectivity index (χ2n) is 8.14. The first-order valence-electron chi connectivity index (χ1n) is 10.9. The lowest BCUT2D eigenvalue weighted by molar-refractivity contribution is -0.119. The summed E-state index contributed by atoms with van der Waals surface area (Å²) in [6.07, 6.45) is 3.59. The number of anilines is 2. The first-order chi connectivity index (χ1) is 15.0. The monoisotopic (exact) mass is 455 g/mol. The van der Waals surface area contributed by atoms with Crippen LogP contribution in [0.25, 0.3) is 0 Å². The van der Waals surface area contributed by atoms with Gasteiger partial charge in [-0.1, -0.05) is 37.1 Å². The van der Waals surface area contributed by atoms with E-state index in [1.807, 2.05) is 55.5 Å². The van der Waals surface area contributed by atoms with Crippen LogP contribution in [0.1, 0.15) is 36.8 Å². The number of hydrogen-bond acceptors (Lipinski definition) is 4. The Bertz CT molecular complexity index is 1000. The van der Waals surface area contributed by atoms with Gasteiger partial charge in [0, 0.05) is 31.4 Å². The zero-order valence-electron chi connectivity index (χ0n) is 18.5. The number of nitrogens with one attached hydrogen (secondary N) is 2. The number of urea groups is 1. The summed E-state index contributed by atoms with van der Waals surface area (Å²) in [5.74, 6) is 0.507. The molecule has 0 bridgehead atoms. The van der Waals surface area contributed by atoms with Crippen LogP contribution in [0.5, 0.6) is 0 Å². The van der Waals surface area contributed by atoms with E-state index in [2.05, 4.69) is 15.5 Å². The first-order valence-corrected chi connectivity index (χ1v) is 10.9. The minimum atomic E-state index is -1.000. The van der Waals surface area contributed by atoms with Gasteiger partial charge in [-0.2, -0.15) is 0 Å². The normalized spacial score (nSPS) is 18.5. The molecule has 2 aliphatic heterocycles. The highest BCUT2D eigenvalue weighted by Crippen LogP contribution is 2.27. The number of aliphatic imine (C=N–C) groups is 1. The SMILES string of the molecule is Cc1cccc(NC(=O)N[C@H]2N=C(N3CCCCCC3)c3ccccc3N(C)C2=O)c1.Cl. The van der Waals surface area contributed by atoms with Gasteiger partial charge in [0.2, 0.25) is 6.17 Å². The van der Waals surface area contributed by atoms with Crippen LogP contribution in [0, 0.1) is 6.92 Å². The molecule has 3 amide bonds. The Morgan fingerprint density at radius 2 is 1.75 bits per heavy atom. The molecule has 4 rings (SSSR count). The number of benzene rings is 2. The lowest BCUT2D eigenvalue weighted by atomic mass is 10.1. The summed E-state index contributed by atoms with van der Waals surface area (Å²) in [6.45, 7) is 3.75. The largest absolute Gasteiger partial charge is 0.356 e. The van der Waals surface area contributed by atoms with Gasteiger partial charge in [-0.15, -0.1) is 12.4 Å². The maximum atomic E-state index is 13.2. The molecule has 0 spiro atoms. The van der Waals surface area contributed by atoms with Crippen LogP contribution in [0.4, 0.5) is 16.2 Å². The number of rotatable bonds is 2. The van der Waals surface area contributed by atoms with Gasteiger partial charge >= 0.3 is 6.03 Å². The number of likely N-dealkylation sites (tertiary alicyclic amines) is 1. The molecule has 2 heterocycles. The number of amidine groups is 1. The number of fused-ring (bicyclic) bond motifs is 1. The topological polar surface area (TPSA) is 77.0 Å². The molecule has 8 heteroatoms. The molecule has 0 aliphatic carbocycles. The van der Waals surface area contributed by atoms with Crippen molar-refractivity contribution in [3.8, 4) is 0 Å². The summed E-state index contributed by atoms with van der Waals surface area (Å²) in [7, 11) is 1.73. The van der Waals surface area contributed by atoms with Crippen LogP contribution in [-0.4, -0.2) is 49.0 Å². The van der Waals surface area contributed by atoms with Gasteiger partial charge in [0.15, 0.2) is 0 Å². The lowest BCUT2D eigenvalue weighted by Crippen LogP contribution is -2.47. The van der Waals surface area contributed by atoms with E-state index < -0.39 is 12.2 Å². The number of benzodiazepines with no additional fused rings is 1. The van der Waals surface area contributed by atoms with Crippen LogP contribution < -0.4 is 15.5 Å². The number of amides is 3. The van der Waals surface area contributed by atoms with Gasteiger partial charge in [-0.05, 0) is 49.6 Å². The molecule has 1 atom stereocenters. The lowest BCUT2D eigenvalue weighted by Gasteiger charge is -2.25. The molecule has 0 saturated carbocycles. The molecular formula is C24H30ClN5O2. The van der Waals surface area contributed by atoms with Gasteiger partial charge in [0.05, 0.1) is 5.69 Å². The van der Waals surface area contributed by atoms with Gasteiger partial charge < -0.3 is 20.4 Å². The van der Waals surface area contributed by atoms with Crippen LogP contribution in [0.3, 0.4) is 0 Å². The fraction of sp³-hybridized carbons (Fsp3) is 0.375. The van der Waals surface area contributed by atoms with E-state index in [9.17, 15) is 9.59 Å². The Morgan fingerprint density at radius 3 is 2.47 bits per heavy atom. The molecule has 1 saturated heterocycles. The number of halogens is 1. The van der Waals surface area contributed by atoms with E-state index in [0.717, 1.165) is 48.6 Å². The van der Waals surface area contributed by atoms with Crippen LogP contribution in [-0.2, 0) is 4.79 Å². The van der Waals surface area contributed by atoms with Crippen molar-refractivity contribution in [1.82, 2.24) is 10.2 Å². The zero-order valence-corrected chi connectivity index (χ0v) is 19.3. The Kier molecular flexibility index (Phi) is 7.75.